The number of ether oxygens (including phenoxy) is 1. The summed E-state index contributed by atoms with van der Waals surface area (Å²) in [4.78, 5) is 0. The van der Waals surface area contributed by atoms with Crippen molar-refractivity contribution in [2.45, 2.75) is 24.4 Å². The summed E-state index contributed by atoms with van der Waals surface area (Å²) < 4.78 is 5.85. The van der Waals surface area contributed by atoms with Gasteiger partial charge in [-0.3, -0.25) is 0 Å². The number of rotatable bonds is 1. The van der Waals surface area contributed by atoms with Gasteiger partial charge >= 0.3 is 0 Å². The molecule has 0 aromatic heterocycles. The molecule has 0 radical (unpaired) electrons. The van der Waals surface area contributed by atoms with Gasteiger partial charge in [-0.15, -0.1) is 0 Å². The van der Waals surface area contributed by atoms with Gasteiger partial charge in [0.2, 0.25) is 0 Å². The summed E-state index contributed by atoms with van der Waals surface area (Å²) in [7, 11) is 0. The summed E-state index contributed by atoms with van der Waals surface area (Å²) in [5, 5.41) is 22.4. The zero-order valence-corrected chi connectivity index (χ0v) is 9.85. The normalized spacial score (nSPS) is 38.4. The number of allylic oxidation sites excluding steroid dienone is 2. The van der Waals surface area contributed by atoms with Gasteiger partial charge in [-0.1, -0.05) is 60.7 Å². The van der Waals surface area contributed by atoms with Crippen LogP contribution in [0.2, 0.25) is 0 Å². The van der Waals surface area contributed by atoms with Gasteiger partial charge < -0.3 is 14.9 Å². The zero-order valence-electron chi connectivity index (χ0n) is 9.85. The minimum atomic E-state index is -1.15. The molecule has 0 bridgehead atoms. The van der Waals surface area contributed by atoms with E-state index in [0.29, 0.717) is 0 Å². The summed E-state index contributed by atoms with van der Waals surface area (Å²) in [6.45, 7) is 0. The lowest BCUT2D eigenvalue weighted by molar-refractivity contribution is -0.473. The Morgan fingerprint density at radius 1 is 1.06 bits per heavy atom. The summed E-state index contributed by atoms with van der Waals surface area (Å²) in [6.07, 6.45) is 4.64. The molecule has 0 saturated carbocycles. The molecule has 5 atom stereocenters. The quantitative estimate of drug-likeness (QED) is 0.799. The number of aliphatic hydroxyl groups excluding tert-OH is 1. The first-order valence-corrected chi connectivity index (χ1v) is 6.16. The molecule has 1 aliphatic heterocycles. The Kier molecular flexibility index (Phi) is 3.04. The average Bonchev–Trinajstić information content (AvgIpc) is 2.44. The van der Waals surface area contributed by atoms with E-state index in [-0.39, 0.29) is 12.0 Å². The van der Waals surface area contributed by atoms with E-state index in [4.69, 9.17) is 4.74 Å². The molecule has 3 nitrogen and oxygen atoms in total. The first kappa shape index (κ1) is 11.7. The van der Waals surface area contributed by atoms with E-state index >= 15 is 0 Å². The van der Waals surface area contributed by atoms with Gasteiger partial charge in [0.1, 0.15) is 0 Å². The lowest BCUT2D eigenvalue weighted by Gasteiger charge is -2.47. The fraction of sp³-hybridized carbons (Fsp3) is 0.333. The van der Waals surface area contributed by atoms with Crippen LogP contribution in [-0.2, 0) is 4.74 Å². The van der Waals surface area contributed by atoms with Crippen LogP contribution < -0.4 is 5.11 Å². The van der Waals surface area contributed by atoms with E-state index in [1.165, 1.54) is 0 Å². The zero-order chi connectivity index (χ0) is 12.5. The Balaban J connectivity index is 1.89. The minimum absolute atomic E-state index is 0.208. The van der Waals surface area contributed by atoms with E-state index in [0.717, 1.165) is 5.56 Å². The molecule has 3 rings (SSSR count). The molecule has 1 heterocycles. The maximum absolute atomic E-state index is 12.2. The molecule has 1 aliphatic carbocycles. The van der Waals surface area contributed by atoms with Crippen LogP contribution in [0.5, 0.6) is 0 Å². The predicted molar refractivity (Wildman–Crippen MR) is 65.6 cm³/mol. The van der Waals surface area contributed by atoms with Gasteiger partial charge in [0.05, 0.1) is 18.3 Å². The number of benzene rings is 1. The lowest BCUT2D eigenvalue weighted by atomic mass is 9.82. The predicted octanol–water partition coefficient (Wildman–Crippen LogP) is 0.958. The fourth-order valence-corrected chi connectivity index (χ4v) is 2.60. The highest BCUT2D eigenvalue weighted by molar-refractivity contribution is 5.24. The van der Waals surface area contributed by atoms with Crippen LogP contribution in [0.1, 0.15) is 11.7 Å². The van der Waals surface area contributed by atoms with Crippen LogP contribution in [0.25, 0.3) is 0 Å². The Morgan fingerprint density at radius 3 is 2.56 bits per heavy atom. The largest absolute Gasteiger partial charge is 0.848 e. The Bertz CT molecular complexity index is 466. The van der Waals surface area contributed by atoms with Crippen molar-refractivity contribution in [1.29, 1.82) is 0 Å². The lowest BCUT2D eigenvalue weighted by Crippen LogP contribution is -2.55. The third kappa shape index (κ3) is 1.90. The van der Waals surface area contributed by atoms with Crippen LogP contribution in [-0.4, -0.2) is 23.4 Å². The summed E-state index contributed by atoms with van der Waals surface area (Å²) >= 11 is 0. The number of hydrogen-bond acceptors (Lipinski definition) is 3. The second kappa shape index (κ2) is 4.69. The monoisotopic (exact) mass is 243 g/mol. The highest BCUT2D eigenvalue weighted by Gasteiger charge is 2.38. The topological polar surface area (TPSA) is 52.5 Å². The van der Waals surface area contributed by atoms with Crippen molar-refractivity contribution in [3.63, 3.8) is 0 Å². The molecule has 3 heteroatoms. The third-order valence-corrected chi connectivity index (χ3v) is 3.59. The van der Waals surface area contributed by atoms with Crippen LogP contribution >= 0.6 is 0 Å². The van der Waals surface area contributed by atoms with E-state index < -0.39 is 18.3 Å². The van der Waals surface area contributed by atoms with Crippen LogP contribution in [0.15, 0.2) is 54.6 Å². The molecular formula is C15H15O3-. The molecule has 5 unspecified atom stereocenters. The van der Waals surface area contributed by atoms with E-state index in [1.807, 2.05) is 54.6 Å². The Labute approximate surface area is 106 Å². The van der Waals surface area contributed by atoms with Gasteiger partial charge in [-0.05, 0) is 5.56 Å². The summed E-state index contributed by atoms with van der Waals surface area (Å²) in [5.74, 6) is -0.225. The highest BCUT2D eigenvalue weighted by atomic mass is 16.5. The second-order valence-corrected chi connectivity index (χ2v) is 4.73. The van der Waals surface area contributed by atoms with Gasteiger partial charge in [-0.25, -0.2) is 0 Å². The molecule has 0 amide bonds. The van der Waals surface area contributed by atoms with Crippen LogP contribution in [0, 0.1) is 5.92 Å². The third-order valence-electron chi connectivity index (χ3n) is 3.59. The van der Waals surface area contributed by atoms with Crippen LogP contribution in [0.3, 0.4) is 0 Å². The molecule has 0 spiro atoms. The van der Waals surface area contributed by atoms with Gasteiger partial charge in [0.15, 0.2) is 0 Å². The maximum Gasteiger partial charge on any atom is 0.0853 e. The Hall–Kier alpha value is -1.42. The van der Waals surface area contributed by atoms with E-state index in [9.17, 15) is 10.2 Å². The summed E-state index contributed by atoms with van der Waals surface area (Å²) in [5.41, 5.74) is 0.831. The molecule has 94 valence electrons. The summed E-state index contributed by atoms with van der Waals surface area (Å²) in [6, 6.07) is 9.38. The number of aliphatic hydroxyl groups is 1. The van der Waals surface area contributed by atoms with Crippen molar-refractivity contribution in [3.05, 3.63) is 60.2 Å². The molecule has 18 heavy (non-hydrogen) atoms. The van der Waals surface area contributed by atoms with Gasteiger partial charge in [0.25, 0.3) is 0 Å². The van der Waals surface area contributed by atoms with Crippen molar-refractivity contribution >= 4 is 0 Å². The standard InChI is InChI=1S/C15H15O3/c16-13-11-8-4-5-9-12(11)18-15(14(13)17)10-6-2-1-3-7-10/h1-9,11-16H/q-1. The minimum Gasteiger partial charge on any atom is -0.848 e. The van der Waals surface area contributed by atoms with Crippen LogP contribution in [0.4, 0.5) is 0 Å². The smallest absolute Gasteiger partial charge is 0.0853 e. The highest BCUT2D eigenvalue weighted by Crippen LogP contribution is 2.36. The Morgan fingerprint density at radius 2 is 1.78 bits per heavy atom. The van der Waals surface area contributed by atoms with Crippen molar-refractivity contribution in [1.82, 2.24) is 0 Å². The second-order valence-electron chi connectivity index (χ2n) is 4.73. The fourth-order valence-electron chi connectivity index (χ4n) is 2.60. The SMILES string of the molecule is [O-]C1C(c2ccccc2)OC2C=CC=CC2C1O. The average molecular weight is 243 g/mol. The van der Waals surface area contributed by atoms with Crippen molar-refractivity contribution in [3.8, 4) is 0 Å². The van der Waals surface area contributed by atoms with E-state index in [2.05, 4.69) is 0 Å². The first-order valence-electron chi connectivity index (χ1n) is 6.16. The molecule has 2 aliphatic rings. The van der Waals surface area contributed by atoms with Gasteiger partial charge in [-0.2, -0.15) is 0 Å². The number of hydrogen-bond donors (Lipinski definition) is 1. The molecule has 1 aromatic rings. The molecular weight excluding hydrogens is 228 g/mol. The molecule has 1 saturated heterocycles. The molecule has 1 fully saturated rings. The number of fused-ring (bicyclic) bond motifs is 1. The van der Waals surface area contributed by atoms with Crippen molar-refractivity contribution < 1.29 is 14.9 Å². The molecule has 1 aromatic carbocycles. The van der Waals surface area contributed by atoms with Crippen molar-refractivity contribution in [2.24, 2.45) is 5.92 Å². The molecule has 1 N–H and O–H groups in total. The van der Waals surface area contributed by atoms with Gasteiger partial charge in [0, 0.05) is 5.92 Å². The first-order chi connectivity index (χ1) is 8.77. The maximum atomic E-state index is 12.2. The van der Waals surface area contributed by atoms with Crippen molar-refractivity contribution in [2.75, 3.05) is 0 Å². The van der Waals surface area contributed by atoms with E-state index in [1.54, 1.807) is 0 Å².